The van der Waals surface area contributed by atoms with E-state index in [1.165, 1.54) is 5.12 Å². The molecule has 0 bridgehead atoms. The quantitative estimate of drug-likeness (QED) is 0.331. The maximum Gasteiger partial charge on any atom is 0.0325 e. The van der Waals surface area contributed by atoms with Crippen molar-refractivity contribution in [3.8, 4) is 0 Å². The molecule has 1 rings (SSSR count). The first-order chi connectivity index (χ1) is 3.39. The molecule has 4 N–H and O–H groups in total. The fraction of sp³-hybridized carbons (Fsp3) is 0.333. The van der Waals surface area contributed by atoms with Gasteiger partial charge in [-0.15, -0.1) is 0 Å². The van der Waals surface area contributed by atoms with Gasteiger partial charge in [-0.2, -0.15) is 5.53 Å². The number of rotatable bonds is 0. The van der Waals surface area contributed by atoms with Gasteiger partial charge in [0.1, 0.15) is 0 Å². The fourth-order valence-electron chi connectivity index (χ4n) is 0.399. The zero-order chi connectivity index (χ0) is 5.11. The molecular formula is C3H8N4. The summed E-state index contributed by atoms with van der Waals surface area (Å²) in [5, 5.41) is 1.35. The number of nitrogens with zero attached hydrogens (tertiary/aromatic N) is 1. The van der Waals surface area contributed by atoms with E-state index in [9.17, 15) is 0 Å². The van der Waals surface area contributed by atoms with E-state index in [0.29, 0.717) is 0 Å². The zero-order valence-electron chi connectivity index (χ0n) is 3.89. The Morgan fingerprint density at radius 3 is 2.86 bits per heavy atom. The van der Waals surface area contributed by atoms with E-state index in [1.54, 1.807) is 6.20 Å². The van der Waals surface area contributed by atoms with Gasteiger partial charge in [0.05, 0.1) is 0 Å². The van der Waals surface area contributed by atoms with Gasteiger partial charge in [-0.1, -0.05) is 6.08 Å². The number of hydrazine groups is 3. The van der Waals surface area contributed by atoms with Crippen LogP contribution in [0, 0.1) is 0 Å². The van der Waals surface area contributed by atoms with Gasteiger partial charge in [0.15, 0.2) is 0 Å². The standard InChI is InChI=1S/C3H8N4/c4-7-3-1-2-5-6-7/h1,3,5-6H,2,4H2. The van der Waals surface area contributed by atoms with Crippen molar-refractivity contribution in [1.29, 1.82) is 0 Å². The smallest absolute Gasteiger partial charge is 0.0325 e. The molecule has 0 aromatic carbocycles. The first-order valence-electron chi connectivity index (χ1n) is 2.09. The second-order valence-electron chi connectivity index (χ2n) is 1.28. The average Bonchev–Trinajstić information content (AvgIpc) is 1.69. The first-order valence-corrected chi connectivity index (χ1v) is 2.09. The Hall–Kier alpha value is -0.580. The monoisotopic (exact) mass is 100 g/mol. The molecule has 0 fully saturated rings. The Morgan fingerprint density at radius 2 is 2.57 bits per heavy atom. The largest absolute Gasteiger partial charge is 0.238 e. The van der Waals surface area contributed by atoms with Crippen LogP contribution in [0.15, 0.2) is 12.3 Å². The van der Waals surface area contributed by atoms with E-state index in [2.05, 4.69) is 11.0 Å². The normalized spacial score (nSPS) is 20.4. The topological polar surface area (TPSA) is 53.3 Å². The van der Waals surface area contributed by atoms with Crippen molar-refractivity contribution in [2.75, 3.05) is 6.54 Å². The molecule has 40 valence electrons. The molecular weight excluding hydrogens is 92.1 g/mol. The molecule has 0 atom stereocenters. The third-order valence-electron chi connectivity index (χ3n) is 0.694. The fourth-order valence-corrected chi connectivity index (χ4v) is 0.399. The van der Waals surface area contributed by atoms with E-state index >= 15 is 0 Å². The lowest BCUT2D eigenvalue weighted by Gasteiger charge is -2.18. The van der Waals surface area contributed by atoms with Crippen LogP contribution in [0.4, 0.5) is 0 Å². The molecule has 4 heteroatoms. The highest BCUT2D eigenvalue weighted by molar-refractivity contribution is 4.82. The van der Waals surface area contributed by atoms with Crippen molar-refractivity contribution >= 4 is 0 Å². The molecule has 4 nitrogen and oxygen atoms in total. The van der Waals surface area contributed by atoms with Gasteiger partial charge >= 0.3 is 0 Å². The highest BCUT2D eigenvalue weighted by Gasteiger charge is 1.90. The van der Waals surface area contributed by atoms with E-state index in [-0.39, 0.29) is 0 Å². The minimum atomic E-state index is 0.827. The molecule has 0 saturated carbocycles. The van der Waals surface area contributed by atoms with Crippen LogP contribution in [0.3, 0.4) is 0 Å². The summed E-state index contributed by atoms with van der Waals surface area (Å²) in [5.74, 6) is 5.21. The van der Waals surface area contributed by atoms with E-state index in [4.69, 9.17) is 5.84 Å². The molecule has 0 radical (unpaired) electrons. The second kappa shape index (κ2) is 1.92. The predicted molar refractivity (Wildman–Crippen MR) is 26.3 cm³/mol. The minimum Gasteiger partial charge on any atom is -0.238 e. The van der Waals surface area contributed by atoms with Gasteiger partial charge in [-0.05, 0) is 0 Å². The maximum atomic E-state index is 5.21. The summed E-state index contributed by atoms with van der Waals surface area (Å²) in [5.41, 5.74) is 5.45. The van der Waals surface area contributed by atoms with Crippen LogP contribution in [0.1, 0.15) is 0 Å². The number of nitrogens with two attached hydrogens (primary N) is 1. The van der Waals surface area contributed by atoms with E-state index in [1.807, 2.05) is 6.08 Å². The third kappa shape index (κ3) is 1.15. The van der Waals surface area contributed by atoms with E-state index in [0.717, 1.165) is 6.54 Å². The number of hydrogen-bond acceptors (Lipinski definition) is 4. The minimum absolute atomic E-state index is 0.827. The lowest BCUT2D eigenvalue weighted by atomic mass is 10.6. The van der Waals surface area contributed by atoms with Gasteiger partial charge in [0.25, 0.3) is 0 Å². The Bertz CT molecular complexity index is 79.0. The predicted octanol–water partition coefficient (Wildman–Crippen LogP) is -1.30. The highest BCUT2D eigenvalue weighted by atomic mass is 15.8. The molecule has 0 aliphatic carbocycles. The van der Waals surface area contributed by atoms with Crippen molar-refractivity contribution in [2.45, 2.75) is 0 Å². The Labute approximate surface area is 41.9 Å². The number of hydrogen-bond donors (Lipinski definition) is 3. The molecule has 0 saturated heterocycles. The maximum absolute atomic E-state index is 5.21. The molecule has 0 aromatic rings. The van der Waals surface area contributed by atoms with Crippen molar-refractivity contribution in [3.05, 3.63) is 12.3 Å². The molecule has 0 aromatic heterocycles. The number of nitrogens with one attached hydrogen (secondary N) is 2. The van der Waals surface area contributed by atoms with Crippen LogP contribution in [0.5, 0.6) is 0 Å². The lowest BCUT2D eigenvalue weighted by molar-refractivity contribution is 0.220. The summed E-state index contributed by atoms with van der Waals surface area (Å²) in [6, 6.07) is 0. The summed E-state index contributed by atoms with van der Waals surface area (Å²) in [6.07, 6.45) is 3.66. The van der Waals surface area contributed by atoms with E-state index < -0.39 is 0 Å². The second-order valence-corrected chi connectivity index (χ2v) is 1.28. The SMILES string of the molecule is NN1C=CCNN1. The molecule has 0 amide bonds. The van der Waals surface area contributed by atoms with Gasteiger partial charge in [-0.3, -0.25) is 0 Å². The van der Waals surface area contributed by atoms with Crippen LogP contribution < -0.4 is 16.8 Å². The molecule has 1 aliphatic heterocycles. The Kier molecular flexibility index (Phi) is 1.26. The van der Waals surface area contributed by atoms with Crippen molar-refractivity contribution in [2.24, 2.45) is 5.84 Å². The third-order valence-corrected chi connectivity index (χ3v) is 0.694. The van der Waals surface area contributed by atoms with Gasteiger partial charge in [0, 0.05) is 12.7 Å². The summed E-state index contributed by atoms with van der Waals surface area (Å²) >= 11 is 0. The zero-order valence-corrected chi connectivity index (χ0v) is 3.89. The molecule has 7 heavy (non-hydrogen) atoms. The Morgan fingerprint density at radius 1 is 1.71 bits per heavy atom. The van der Waals surface area contributed by atoms with Crippen molar-refractivity contribution < 1.29 is 0 Å². The first kappa shape index (κ1) is 4.58. The average molecular weight is 100 g/mol. The molecule has 0 spiro atoms. The highest BCUT2D eigenvalue weighted by Crippen LogP contribution is 1.75. The van der Waals surface area contributed by atoms with Crippen molar-refractivity contribution in [3.63, 3.8) is 0 Å². The summed E-state index contributed by atoms with van der Waals surface area (Å²) in [4.78, 5) is 0. The van der Waals surface area contributed by atoms with Crippen LogP contribution in [-0.2, 0) is 0 Å². The summed E-state index contributed by atoms with van der Waals surface area (Å²) in [7, 11) is 0. The Balaban J connectivity index is 2.36. The van der Waals surface area contributed by atoms with Crippen LogP contribution in [0.2, 0.25) is 0 Å². The molecule has 1 heterocycles. The summed E-state index contributed by atoms with van der Waals surface area (Å²) < 4.78 is 0. The van der Waals surface area contributed by atoms with Crippen molar-refractivity contribution in [1.82, 2.24) is 16.1 Å². The van der Waals surface area contributed by atoms with Gasteiger partial charge in [-0.25, -0.2) is 16.4 Å². The van der Waals surface area contributed by atoms with Crippen LogP contribution in [-0.4, -0.2) is 11.7 Å². The van der Waals surface area contributed by atoms with Crippen LogP contribution in [0.25, 0.3) is 0 Å². The van der Waals surface area contributed by atoms with Gasteiger partial charge in [0.2, 0.25) is 0 Å². The summed E-state index contributed by atoms with van der Waals surface area (Å²) in [6.45, 7) is 0.827. The molecule has 0 unspecified atom stereocenters. The lowest BCUT2D eigenvalue weighted by Crippen LogP contribution is -2.50. The van der Waals surface area contributed by atoms with Crippen LogP contribution >= 0.6 is 0 Å². The van der Waals surface area contributed by atoms with Gasteiger partial charge < -0.3 is 0 Å². The molecule has 1 aliphatic rings.